The molecule has 0 spiro atoms. The number of hydrogen-bond acceptors (Lipinski definition) is 4. The highest BCUT2D eigenvalue weighted by Crippen LogP contribution is 2.32. The van der Waals surface area contributed by atoms with Crippen molar-refractivity contribution in [2.45, 2.75) is 65.8 Å². The van der Waals surface area contributed by atoms with Crippen molar-refractivity contribution >= 4 is 23.6 Å². The Morgan fingerprint density at radius 3 is 2.28 bits per heavy atom. The van der Waals surface area contributed by atoms with Crippen LogP contribution >= 0.6 is 0 Å². The summed E-state index contributed by atoms with van der Waals surface area (Å²) in [5, 5.41) is 5.86. The number of benzene rings is 2. The molecule has 2 N–H and O–H groups in total. The van der Waals surface area contributed by atoms with Gasteiger partial charge in [0.25, 0.3) is 5.91 Å². The molecule has 1 aliphatic heterocycles. The number of hydrogen-bond donors (Lipinski definition) is 2. The van der Waals surface area contributed by atoms with Crippen molar-refractivity contribution in [3.8, 4) is 0 Å². The number of carbonyl (C=O) groups is 3. The van der Waals surface area contributed by atoms with Crippen LogP contribution in [0, 0.1) is 0 Å². The Morgan fingerprint density at radius 2 is 1.67 bits per heavy atom. The average Bonchev–Trinajstić information content (AvgIpc) is 2.87. The van der Waals surface area contributed by atoms with E-state index >= 15 is 0 Å². The maximum Gasteiger partial charge on any atom is 0.338 e. The lowest BCUT2D eigenvalue weighted by Crippen LogP contribution is -2.48. The van der Waals surface area contributed by atoms with E-state index in [2.05, 4.69) is 17.6 Å². The second-order valence-corrected chi connectivity index (χ2v) is 8.98. The van der Waals surface area contributed by atoms with Crippen LogP contribution < -0.4 is 10.6 Å². The van der Waals surface area contributed by atoms with Crippen LogP contribution in [0.25, 0.3) is 0 Å². The van der Waals surface area contributed by atoms with Crippen molar-refractivity contribution in [2.24, 2.45) is 0 Å². The topological polar surface area (TPSA) is 87.7 Å². The fraction of sp³-hybridized carbons (Fsp3) is 0.414. The number of ether oxygens (including phenoxy) is 1. The summed E-state index contributed by atoms with van der Waals surface area (Å²) in [7, 11) is 0. The molecule has 0 saturated carbocycles. The number of esters is 1. The van der Waals surface area contributed by atoms with Crippen molar-refractivity contribution in [3.05, 3.63) is 76.5 Å². The molecule has 0 bridgehead atoms. The van der Waals surface area contributed by atoms with E-state index in [9.17, 15) is 14.4 Å². The molecule has 0 fully saturated rings. The number of allylic oxidation sites excluding steroid dienone is 1. The maximum atomic E-state index is 12.8. The first-order chi connectivity index (χ1) is 17.4. The molecule has 3 rings (SSSR count). The molecule has 0 radical (unpaired) electrons. The molecule has 1 heterocycles. The lowest BCUT2D eigenvalue weighted by molar-refractivity contribution is -0.139. The average molecular weight is 492 g/mol. The van der Waals surface area contributed by atoms with E-state index in [4.69, 9.17) is 4.74 Å². The second kappa shape index (κ2) is 12.9. The number of anilines is 1. The van der Waals surface area contributed by atoms with Crippen molar-refractivity contribution in [1.82, 2.24) is 10.2 Å². The van der Waals surface area contributed by atoms with E-state index in [1.807, 2.05) is 31.2 Å². The molecule has 36 heavy (non-hydrogen) atoms. The summed E-state index contributed by atoms with van der Waals surface area (Å²) >= 11 is 0. The predicted molar refractivity (Wildman–Crippen MR) is 142 cm³/mol. The van der Waals surface area contributed by atoms with Crippen LogP contribution in [-0.4, -0.2) is 36.0 Å². The standard InChI is InChI=1S/C29H37N3O4/c1-5-8-9-10-21-11-13-23(14-12-21)27(33)30-24-17-15-22(16-18-24)26-25(28(34)36-7-3)20(4)32(19-6-2)29(35)31-26/h11-18,26H,5-10,19H2,1-4H3,(H,30,33)(H,31,35). The van der Waals surface area contributed by atoms with Gasteiger partial charge in [0.05, 0.1) is 18.2 Å². The van der Waals surface area contributed by atoms with Crippen LogP contribution in [0.15, 0.2) is 59.8 Å². The SMILES string of the molecule is CCCCCc1ccc(C(=O)Nc2ccc(C3NC(=O)N(CCC)C(C)=C3C(=O)OCC)cc2)cc1. The third-order valence-corrected chi connectivity index (χ3v) is 6.33. The van der Waals surface area contributed by atoms with Gasteiger partial charge in [0, 0.05) is 23.5 Å². The van der Waals surface area contributed by atoms with Crippen molar-refractivity contribution < 1.29 is 19.1 Å². The van der Waals surface area contributed by atoms with Gasteiger partial charge < -0.3 is 15.4 Å². The van der Waals surface area contributed by atoms with Crippen molar-refractivity contribution in [3.63, 3.8) is 0 Å². The van der Waals surface area contributed by atoms with Crippen molar-refractivity contribution in [2.75, 3.05) is 18.5 Å². The maximum absolute atomic E-state index is 12.8. The van der Waals surface area contributed by atoms with Gasteiger partial charge in [-0.05, 0) is 68.5 Å². The first kappa shape index (κ1) is 27.0. The summed E-state index contributed by atoms with van der Waals surface area (Å²) in [6, 6.07) is 14.0. The predicted octanol–water partition coefficient (Wildman–Crippen LogP) is 5.99. The summed E-state index contributed by atoms with van der Waals surface area (Å²) in [5.41, 5.74) is 4.20. The van der Waals surface area contributed by atoms with Gasteiger partial charge in [-0.25, -0.2) is 9.59 Å². The van der Waals surface area contributed by atoms with Crippen LogP contribution in [0.4, 0.5) is 10.5 Å². The highest BCUT2D eigenvalue weighted by molar-refractivity contribution is 6.04. The van der Waals surface area contributed by atoms with Crippen LogP contribution in [0.5, 0.6) is 0 Å². The Labute approximate surface area is 213 Å². The summed E-state index contributed by atoms with van der Waals surface area (Å²) in [4.78, 5) is 39.8. The third-order valence-electron chi connectivity index (χ3n) is 6.33. The first-order valence-corrected chi connectivity index (χ1v) is 12.9. The monoisotopic (exact) mass is 491 g/mol. The van der Waals surface area contributed by atoms with Gasteiger partial charge in [0.2, 0.25) is 0 Å². The molecular formula is C29H37N3O4. The molecule has 2 aromatic rings. The van der Waals surface area contributed by atoms with Crippen LogP contribution in [-0.2, 0) is 16.0 Å². The largest absolute Gasteiger partial charge is 0.463 e. The number of urea groups is 1. The molecule has 2 aromatic carbocycles. The Hall–Kier alpha value is -3.61. The zero-order chi connectivity index (χ0) is 26.1. The van der Waals surface area contributed by atoms with Crippen LogP contribution in [0.1, 0.15) is 80.9 Å². The second-order valence-electron chi connectivity index (χ2n) is 8.98. The van der Waals surface area contributed by atoms with Gasteiger partial charge in [0.15, 0.2) is 0 Å². The number of nitrogens with one attached hydrogen (secondary N) is 2. The zero-order valence-corrected chi connectivity index (χ0v) is 21.7. The molecule has 0 aromatic heterocycles. The van der Waals surface area contributed by atoms with E-state index in [1.165, 1.54) is 18.4 Å². The van der Waals surface area contributed by atoms with E-state index in [1.54, 1.807) is 43.0 Å². The van der Waals surface area contributed by atoms with Gasteiger partial charge in [-0.3, -0.25) is 9.69 Å². The Kier molecular flexibility index (Phi) is 9.68. The van der Waals surface area contributed by atoms with Gasteiger partial charge in [0.1, 0.15) is 0 Å². The molecule has 7 nitrogen and oxygen atoms in total. The summed E-state index contributed by atoms with van der Waals surface area (Å²) in [5.74, 6) is -0.636. The van der Waals surface area contributed by atoms with Gasteiger partial charge in [-0.15, -0.1) is 0 Å². The van der Waals surface area contributed by atoms with E-state index in [0.717, 1.165) is 24.8 Å². The Bertz CT molecular complexity index is 1090. The van der Waals surface area contributed by atoms with Gasteiger partial charge >= 0.3 is 12.0 Å². The molecular weight excluding hydrogens is 454 g/mol. The minimum atomic E-state index is -0.630. The third kappa shape index (κ3) is 6.53. The summed E-state index contributed by atoms with van der Waals surface area (Å²) < 4.78 is 5.29. The number of rotatable bonds is 11. The van der Waals surface area contributed by atoms with Crippen LogP contribution in [0.3, 0.4) is 0 Å². The smallest absolute Gasteiger partial charge is 0.338 e. The highest BCUT2D eigenvalue weighted by atomic mass is 16.5. The quantitative estimate of drug-likeness (QED) is 0.299. The molecule has 3 amide bonds. The number of carbonyl (C=O) groups excluding carboxylic acids is 3. The zero-order valence-electron chi connectivity index (χ0n) is 21.7. The van der Waals surface area contributed by atoms with Crippen LogP contribution in [0.2, 0.25) is 0 Å². The minimum Gasteiger partial charge on any atom is -0.463 e. The lowest BCUT2D eigenvalue weighted by Gasteiger charge is -2.35. The molecule has 0 aliphatic carbocycles. The summed E-state index contributed by atoms with van der Waals surface area (Å²) in [6.45, 7) is 8.45. The molecule has 1 aliphatic rings. The number of nitrogens with zero attached hydrogens (tertiary/aromatic N) is 1. The highest BCUT2D eigenvalue weighted by Gasteiger charge is 2.36. The van der Waals surface area contributed by atoms with Gasteiger partial charge in [-0.1, -0.05) is 51.0 Å². The molecule has 1 atom stereocenters. The summed E-state index contributed by atoms with van der Waals surface area (Å²) in [6.07, 6.45) is 5.33. The number of unbranched alkanes of at least 4 members (excludes halogenated alkanes) is 2. The van der Waals surface area contributed by atoms with E-state index in [-0.39, 0.29) is 18.5 Å². The molecule has 1 unspecified atom stereocenters. The van der Waals surface area contributed by atoms with Gasteiger partial charge in [-0.2, -0.15) is 0 Å². The number of amides is 3. The first-order valence-electron chi connectivity index (χ1n) is 12.9. The fourth-order valence-corrected chi connectivity index (χ4v) is 4.36. The fourth-order valence-electron chi connectivity index (χ4n) is 4.36. The molecule has 7 heteroatoms. The van der Waals surface area contributed by atoms with Crippen molar-refractivity contribution in [1.29, 1.82) is 0 Å². The minimum absolute atomic E-state index is 0.188. The molecule has 192 valence electrons. The lowest BCUT2D eigenvalue weighted by atomic mass is 9.94. The normalized spacial score (nSPS) is 15.5. The van der Waals surface area contributed by atoms with E-state index in [0.29, 0.717) is 29.1 Å². The molecule has 0 saturated heterocycles. The van der Waals surface area contributed by atoms with E-state index < -0.39 is 12.0 Å². The Morgan fingerprint density at radius 1 is 0.972 bits per heavy atom. The number of aryl methyl sites for hydroxylation is 1. The Balaban J connectivity index is 1.74.